The van der Waals surface area contributed by atoms with E-state index in [1.807, 2.05) is 17.7 Å². The first-order valence-corrected chi connectivity index (χ1v) is 6.86. The van der Waals surface area contributed by atoms with Gasteiger partial charge in [-0.1, -0.05) is 16.9 Å². The molecular formula is C11H14N4O3S. The zero-order valence-corrected chi connectivity index (χ0v) is 11.5. The monoisotopic (exact) mass is 282 g/mol. The van der Waals surface area contributed by atoms with E-state index in [0.717, 1.165) is 12.4 Å². The fourth-order valence-corrected chi connectivity index (χ4v) is 2.17. The minimum absolute atomic E-state index is 0.122. The van der Waals surface area contributed by atoms with Crippen molar-refractivity contribution >= 4 is 17.7 Å². The molecule has 0 saturated heterocycles. The van der Waals surface area contributed by atoms with E-state index in [4.69, 9.17) is 9.15 Å². The van der Waals surface area contributed by atoms with E-state index in [2.05, 4.69) is 15.2 Å². The van der Waals surface area contributed by atoms with Crippen molar-refractivity contribution in [3.05, 3.63) is 24.1 Å². The lowest BCUT2D eigenvalue weighted by atomic mass is 10.6. The van der Waals surface area contributed by atoms with Crippen LogP contribution in [-0.2, 0) is 17.0 Å². The summed E-state index contributed by atoms with van der Waals surface area (Å²) in [5.74, 6) is 0.800. The highest BCUT2D eigenvalue weighted by Gasteiger charge is 2.16. The van der Waals surface area contributed by atoms with Crippen LogP contribution in [0.2, 0.25) is 0 Å². The van der Waals surface area contributed by atoms with Gasteiger partial charge < -0.3 is 13.7 Å². The highest BCUT2D eigenvalue weighted by molar-refractivity contribution is 7.98. The summed E-state index contributed by atoms with van der Waals surface area (Å²) in [6, 6.07) is 0. The van der Waals surface area contributed by atoms with Crippen LogP contribution in [0.15, 0.2) is 22.0 Å². The van der Waals surface area contributed by atoms with Crippen LogP contribution in [0, 0.1) is 0 Å². The fourth-order valence-electron chi connectivity index (χ4n) is 1.44. The molecule has 0 aliphatic rings. The van der Waals surface area contributed by atoms with Crippen LogP contribution in [0.1, 0.15) is 30.4 Å². The maximum atomic E-state index is 11.3. The number of carbonyl (C=O) groups excluding carboxylic acids is 1. The molecular weight excluding hydrogens is 268 g/mol. The molecule has 0 amide bonds. The summed E-state index contributed by atoms with van der Waals surface area (Å²) < 4.78 is 12.0. The average molecular weight is 282 g/mol. The van der Waals surface area contributed by atoms with Gasteiger partial charge in [0.2, 0.25) is 0 Å². The Balaban J connectivity index is 1.95. The molecule has 8 heteroatoms. The van der Waals surface area contributed by atoms with Crippen molar-refractivity contribution in [2.45, 2.75) is 31.4 Å². The van der Waals surface area contributed by atoms with E-state index in [-0.39, 0.29) is 12.5 Å². The molecule has 2 rings (SSSR count). The number of nitrogens with zero attached hydrogens (tertiary/aromatic N) is 4. The molecule has 19 heavy (non-hydrogen) atoms. The van der Waals surface area contributed by atoms with Crippen LogP contribution in [0.25, 0.3) is 0 Å². The average Bonchev–Trinajstić information content (AvgIpc) is 3.05. The molecule has 0 radical (unpaired) electrons. The Kier molecular flexibility index (Phi) is 4.56. The van der Waals surface area contributed by atoms with Crippen LogP contribution in [-0.4, -0.2) is 32.3 Å². The van der Waals surface area contributed by atoms with E-state index >= 15 is 0 Å². The zero-order valence-electron chi connectivity index (χ0n) is 10.7. The number of carbonyl (C=O) groups is 1. The third-order valence-electron chi connectivity index (χ3n) is 2.32. The maximum absolute atomic E-state index is 11.3. The molecule has 2 heterocycles. The minimum Gasteiger partial charge on any atom is -0.459 e. The van der Waals surface area contributed by atoms with Crippen molar-refractivity contribution < 1.29 is 13.9 Å². The predicted molar refractivity (Wildman–Crippen MR) is 67.7 cm³/mol. The molecule has 2 aromatic heterocycles. The molecule has 0 saturated carbocycles. The largest absolute Gasteiger partial charge is 0.459 e. The second kappa shape index (κ2) is 6.37. The minimum atomic E-state index is -0.600. The van der Waals surface area contributed by atoms with Crippen molar-refractivity contribution in [1.82, 2.24) is 19.7 Å². The molecule has 0 N–H and O–H groups in total. The molecule has 0 atom stereocenters. The Morgan fingerprint density at radius 1 is 1.47 bits per heavy atom. The summed E-state index contributed by atoms with van der Waals surface area (Å²) in [7, 11) is 0. The van der Waals surface area contributed by atoms with Crippen molar-refractivity contribution in [1.29, 1.82) is 0 Å². The van der Waals surface area contributed by atoms with Gasteiger partial charge in [-0.2, -0.15) is 0 Å². The number of aromatic nitrogens is 4. The van der Waals surface area contributed by atoms with Crippen molar-refractivity contribution in [2.24, 2.45) is 0 Å². The molecule has 7 nitrogen and oxygen atoms in total. The number of ether oxygens (including phenoxy) is 1. The Morgan fingerprint density at radius 2 is 2.32 bits per heavy atom. The molecule has 0 bridgehead atoms. The van der Waals surface area contributed by atoms with Crippen LogP contribution in [0.5, 0.6) is 0 Å². The Morgan fingerprint density at radius 3 is 3.05 bits per heavy atom. The normalized spacial score (nSPS) is 10.6. The predicted octanol–water partition coefficient (Wildman–Crippen LogP) is 1.75. The van der Waals surface area contributed by atoms with Gasteiger partial charge in [0.1, 0.15) is 5.82 Å². The van der Waals surface area contributed by atoms with Gasteiger partial charge in [-0.3, -0.25) is 0 Å². The first kappa shape index (κ1) is 13.6. The van der Waals surface area contributed by atoms with Gasteiger partial charge in [0.25, 0.3) is 5.22 Å². The third-order valence-corrected chi connectivity index (χ3v) is 3.14. The molecule has 0 unspecified atom stereocenters. The number of aryl methyl sites for hydroxylation is 1. The second-order valence-electron chi connectivity index (χ2n) is 3.51. The fraction of sp³-hybridized carbons (Fsp3) is 0.455. The highest BCUT2D eigenvalue weighted by atomic mass is 32.2. The van der Waals surface area contributed by atoms with Gasteiger partial charge in [0, 0.05) is 18.9 Å². The quantitative estimate of drug-likeness (QED) is 0.589. The van der Waals surface area contributed by atoms with Gasteiger partial charge in [-0.05, 0) is 13.8 Å². The van der Waals surface area contributed by atoms with Crippen LogP contribution < -0.4 is 0 Å². The Bertz CT molecular complexity index is 552. The van der Waals surface area contributed by atoms with Crippen LogP contribution >= 0.6 is 11.8 Å². The standard InChI is InChI=1S/C11H14N4O3S/c1-3-15-6-5-12-8(15)7-19-11-14-13-9(18-11)10(16)17-4-2/h5-6H,3-4,7H2,1-2H3. The number of thioether (sulfide) groups is 1. The van der Waals surface area contributed by atoms with Crippen LogP contribution in [0.3, 0.4) is 0 Å². The SMILES string of the molecule is CCOC(=O)c1nnc(SCc2nccn2CC)o1. The smallest absolute Gasteiger partial charge is 0.396 e. The van der Waals surface area contributed by atoms with Crippen molar-refractivity contribution in [3.8, 4) is 0 Å². The molecule has 0 fully saturated rings. The van der Waals surface area contributed by atoms with Gasteiger partial charge >= 0.3 is 11.9 Å². The van der Waals surface area contributed by atoms with E-state index in [0.29, 0.717) is 11.0 Å². The molecule has 0 aliphatic carbocycles. The molecule has 2 aromatic rings. The Labute approximate surface area is 114 Å². The van der Waals surface area contributed by atoms with Crippen molar-refractivity contribution in [3.63, 3.8) is 0 Å². The molecule has 0 spiro atoms. The van der Waals surface area contributed by atoms with Gasteiger partial charge in [-0.25, -0.2) is 9.78 Å². The van der Waals surface area contributed by atoms with Gasteiger partial charge in [0.15, 0.2) is 0 Å². The number of hydrogen-bond donors (Lipinski definition) is 0. The molecule has 0 aliphatic heterocycles. The van der Waals surface area contributed by atoms with Gasteiger partial charge in [-0.15, -0.1) is 5.10 Å². The summed E-state index contributed by atoms with van der Waals surface area (Å²) in [5, 5.41) is 7.75. The highest BCUT2D eigenvalue weighted by Crippen LogP contribution is 2.20. The molecule has 102 valence electrons. The lowest BCUT2D eigenvalue weighted by Gasteiger charge is -2.01. The molecule has 0 aromatic carbocycles. The summed E-state index contributed by atoms with van der Waals surface area (Å²) >= 11 is 1.33. The number of imidazole rings is 1. The first-order chi connectivity index (χ1) is 9.24. The van der Waals surface area contributed by atoms with E-state index in [9.17, 15) is 4.79 Å². The topological polar surface area (TPSA) is 83.0 Å². The van der Waals surface area contributed by atoms with E-state index in [1.165, 1.54) is 11.8 Å². The third kappa shape index (κ3) is 3.34. The zero-order chi connectivity index (χ0) is 13.7. The number of hydrogen-bond acceptors (Lipinski definition) is 7. The van der Waals surface area contributed by atoms with Crippen molar-refractivity contribution in [2.75, 3.05) is 6.61 Å². The van der Waals surface area contributed by atoms with E-state index < -0.39 is 5.97 Å². The summed E-state index contributed by atoms with van der Waals surface area (Å²) in [6.07, 6.45) is 3.66. The maximum Gasteiger partial charge on any atom is 0.396 e. The van der Waals surface area contributed by atoms with E-state index in [1.54, 1.807) is 13.1 Å². The van der Waals surface area contributed by atoms with Crippen LogP contribution in [0.4, 0.5) is 0 Å². The lowest BCUT2D eigenvalue weighted by Crippen LogP contribution is -2.04. The first-order valence-electron chi connectivity index (χ1n) is 5.88. The number of esters is 1. The summed E-state index contributed by atoms with van der Waals surface area (Å²) in [6.45, 7) is 4.89. The summed E-state index contributed by atoms with van der Waals surface area (Å²) in [5.41, 5.74) is 0. The summed E-state index contributed by atoms with van der Waals surface area (Å²) in [4.78, 5) is 15.6. The second-order valence-corrected chi connectivity index (χ2v) is 4.44. The number of rotatable bonds is 6. The Hall–Kier alpha value is -1.83. The lowest BCUT2D eigenvalue weighted by molar-refractivity contribution is 0.0475. The van der Waals surface area contributed by atoms with Gasteiger partial charge in [0.05, 0.1) is 12.4 Å².